The summed E-state index contributed by atoms with van der Waals surface area (Å²) in [6.45, 7) is 5.84. The van der Waals surface area contributed by atoms with Crippen LogP contribution >= 0.6 is 11.6 Å². The predicted molar refractivity (Wildman–Crippen MR) is 93.7 cm³/mol. The molecule has 1 aromatic rings. The third-order valence-corrected chi connectivity index (χ3v) is 7.33. The Morgan fingerprint density at radius 1 is 1.26 bits per heavy atom. The second-order valence-corrected chi connectivity index (χ2v) is 8.41. The maximum absolute atomic E-state index is 12.9. The van der Waals surface area contributed by atoms with Gasteiger partial charge < -0.3 is 15.7 Å². The highest BCUT2D eigenvalue weighted by Gasteiger charge is 2.40. The quantitative estimate of drug-likeness (QED) is 0.625. The Kier molecular flexibility index (Phi) is 5.81. The molecule has 2 atom stereocenters. The van der Waals surface area contributed by atoms with Gasteiger partial charge in [0.1, 0.15) is 4.90 Å². The molecule has 0 aromatic heterocycles. The Labute approximate surface area is 143 Å². The van der Waals surface area contributed by atoms with E-state index in [0.717, 1.165) is 25.9 Å². The Morgan fingerprint density at radius 2 is 1.96 bits per heavy atom. The van der Waals surface area contributed by atoms with Gasteiger partial charge in [-0.1, -0.05) is 25.4 Å². The molecule has 0 amide bonds. The molecule has 0 saturated carbocycles. The van der Waals surface area contributed by atoms with Gasteiger partial charge in [-0.15, -0.1) is 0 Å². The summed E-state index contributed by atoms with van der Waals surface area (Å²) in [6, 6.07) is 3.17. The topological polar surface area (TPSA) is 83.6 Å². The summed E-state index contributed by atoms with van der Waals surface area (Å²) in [7, 11) is -3.67. The van der Waals surface area contributed by atoms with E-state index in [2.05, 4.69) is 4.90 Å². The van der Waals surface area contributed by atoms with Gasteiger partial charge in [0.05, 0.1) is 16.0 Å². The molecule has 2 saturated heterocycles. The first-order valence-corrected chi connectivity index (χ1v) is 10.1. The number of benzene rings is 1. The van der Waals surface area contributed by atoms with Gasteiger partial charge in [0.25, 0.3) is 0 Å². The molecule has 2 aliphatic rings. The third-order valence-electron chi connectivity index (χ3n) is 4.61. The second-order valence-electron chi connectivity index (χ2n) is 5.84. The molecule has 2 aliphatic heterocycles. The van der Waals surface area contributed by atoms with Gasteiger partial charge in [-0.3, -0.25) is 0 Å². The number of hydrogen-bond donors (Lipinski definition) is 2. The highest BCUT2D eigenvalue weighted by atomic mass is 35.5. The molecule has 2 unspecified atom stereocenters. The Hall–Kier alpha value is -0.980. The molecule has 0 radical (unpaired) electrons. The Bertz CT molecular complexity index is 664. The van der Waals surface area contributed by atoms with Gasteiger partial charge >= 0.3 is 0 Å². The molecule has 2 heterocycles. The lowest BCUT2D eigenvalue weighted by molar-refractivity contribution is 0.199. The summed E-state index contributed by atoms with van der Waals surface area (Å²) in [5.74, 6) is -0.420. The summed E-state index contributed by atoms with van der Waals surface area (Å²) in [5, 5.41) is 9.57. The van der Waals surface area contributed by atoms with Crippen molar-refractivity contribution < 1.29 is 13.5 Å². The summed E-state index contributed by atoms with van der Waals surface area (Å²) in [6.07, 6.45) is 3.35. The molecule has 7 heteroatoms. The molecule has 3 rings (SSSR count). The molecule has 1 aromatic carbocycles. The standard InChI is InChI=1S/C14H19ClN2O3S.C2H6/c15-11-3-4-12(16)13(18)14(11)21(19,20)10-5-7-17-6-1-2-9(17)8-10;1-2/h3-4,9-10,18H,1-2,5-8,16H2;1-2H3. The van der Waals surface area contributed by atoms with Crippen molar-refractivity contribution in [3.8, 4) is 5.75 Å². The summed E-state index contributed by atoms with van der Waals surface area (Å²) >= 11 is 6.01. The number of sulfone groups is 1. The lowest BCUT2D eigenvalue weighted by Crippen LogP contribution is -2.42. The van der Waals surface area contributed by atoms with Crippen LogP contribution in [0.4, 0.5) is 5.69 Å². The van der Waals surface area contributed by atoms with Crippen molar-refractivity contribution in [2.75, 3.05) is 18.8 Å². The first-order valence-electron chi connectivity index (χ1n) is 8.16. The predicted octanol–water partition coefficient (Wildman–Crippen LogP) is 3.05. The van der Waals surface area contributed by atoms with E-state index in [-0.39, 0.29) is 15.6 Å². The summed E-state index contributed by atoms with van der Waals surface area (Å²) < 4.78 is 25.7. The lowest BCUT2D eigenvalue weighted by Gasteiger charge is -2.34. The Balaban J connectivity index is 0.000000924. The minimum absolute atomic E-state index is 0.0375. The van der Waals surface area contributed by atoms with E-state index in [9.17, 15) is 13.5 Å². The maximum atomic E-state index is 12.9. The van der Waals surface area contributed by atoms with Crippen molar-refractivity contribution in [1.82, 2.24) is 4.90 Å². The molecule has 5 nitrogen and oxygen atoms in total. The van der Waals surface area contributed by atoms with E-state index in [0.29, 0.717) is 18.9 Å². The van der Waals surface area contributed by atoms with Crippen LogP contribution in [0.3, 0.4) is 0 Å². The average Bonchev–Trinajstić information content (AvgIpc) is 3.00. The van der Waals surface area contributed by atoms with E-state index < -0.39 is 20.8 Å². The van der Waals surface area contributed by atoms with E-state index >= 15 is 0 Å². The fourth-order valence-corrected chi connectivity index (χ4v) is 5.90. The molecule has 0 spiro atoms. The zero-order valence-corrected chi connectivity index (χ0v) is 15.2. The van der Waals surface area contributed by atoms with Gasteiger partial charge in [0.2, 0.25) is 0 Å². The molecule has 3 N–H and O–H groups in total. The minimum atomic E-state index is -3.67. The number of phenolic OH excluding ortho intramolecular Hbond substituents is 1. The van der Waals surface area contributed by atoms with Crippen LogP contribution in [0.1, 0.15) is 39.5 Å². The number of phenols is 1. The van der Waals surface area contributed by atoms with Gasteiger partial charge in [0.15, 0.2) is 15.6 Å². The molecule has 130 valence electrons. The van der Waals surface area contributed by atoms with Crippen molar-refractivity contribution in [1.29, 1.82) is 0 Å². The number of aromatic hydroxyl groups is 1. The van der Waals surface area contributed by atoms with E-state index in [4.69, 9.17) is 17.3 Å². The lowest BCUT2D eigenvalue weighted by atomic mass is 10.0. The summed E-state index contributed by atoms with van der Waals surface area (Å²) in [4.78, 5) is 2.15. The van der Waals surface area contributed by atoms with Crippen LogP contribution in [0.2, 0.25) is 5.02 Å². The van der Waals surface area contributed by atoms with Crippen LogP contribution in [0, 0.1) is 0 Å². The molecular formula is C16H25ClN2O3S. The monoisotopic (exact) mass is 360 g/mol. The zero-order chi connectivity index (χ0) is 17.2. The first-order chi connectivity index (χ1) is 10.9. The number of anilines is 1. The normalized spacial score (nSPS) is 24.7. The smallest absolute Gasteiger partial charge is 0.186 e. The van der Waals surface area contributed by atoms with Crippen LogP contribution in [0.15, 0.2) is 17.0 Å². The van der Waals surface area contributed by atoms with Crippen LogP contribution < -0.4 is 5.73 Å². The van der Waals surface area contributed by atoms with E-state index in [1.807, 2.05) is 13.8 Å². The van der Waals surface area contributed by atoms with Crippen molar-refractivity contribution >= 4 is 27.1 Å². The van der Waals surface area contributed by atoms with E-state index in [1.54, 1.807) is 0 Å². The van der Waals surface area contributed by atoms with Gasteiger partial charge in [0, 0.05) is 6.04 Å². The van der Waals surface area contributed by atoms with Gasteiger partial charge in [-0.25, -0.2) is 8.42 Å². The van der Waals surface area contributed by atoms with E-state index in [1.165, 1.54) is 12.1 Å². The molecule has 0 bridgehead atoms. The molecule has 23 heavy (non-hydrogen) atoms. The number of nitrogen functional groups attached to an aromatic ring is 1. The first kappa shape index (κ1) is 18.4. The van der Waals surface area contributed by atoms with Crippen LogP contribution in [-0.2, 0) is 9.84 Å². The average molecular weight is 361 g/mol. The number of hydrogen-bond acceptors (Lipinski definition) is 5. The second kappa shape index (κ2) is 7.28. The number of piperidine rings is 1. The number of fused-ring (bicyclic) bond motifs is 1. The van der Waals surface area contributed by atoms with Gasteiger partial charge in [-0.2, -0.15) is 0 Å². The highest BCUT2D eigenvalue weighted by Crippen LogP contribution is 2.40. The summed E-state index contributed by atoms with van der Waals surface area (Å²) in [5.41, 5.74) is 5.66. The number of nitrogens with zero attached hydrogens (tertiary/aromatic N) is 1. The third kappa shape index (κ3) is 3.44. The van der Waals surface area contributed by atoms with Crippen molar-refractivity contribution in [2.24, 2.45) is 0 Å². The number of halogens is 1. The van der Waals surface area contributed by atoms with Crippen molar-refractivity contribution in [2.45, 2.75) is 55.7 Å². The number of nitrogens with two attached hydrogens (primary N) is 1. The largest absolute Gasteiger partial charge is 0.504 e. The SMILES string of the molecule is CC.Nc1ccc(Cl)c(S(=O)(=O)C2CCN3CCCC3C2)c1O. The molecule has 0 aliphatic carbocycles. The fourth-order valence-electron chi connectivity index (χ4n) is 3.47. The van der Waals surface area contributed by atoms with Crippen LogP contribution in [0.5, 0.6) is 5.75 Å². The minimum Gasteiger partial charge on any atom is -0.504 e. The molecular weight excluding hydrogens is 336 g/mol. The van der Waals surface area contributed by atoms with Gasteiger partial charge in [-0.05, 0) is 50.9 Å². The fraction of sp³-hybridized carbons (Fsp3) is 0.625. The van der Waals surface area contributed by atoms with Crippen molar-refractivity contribution in [3.05, 3.63) is 17.2 Å². The van der Waals surface area contributed by atoms with Crippen LogP contribution in [0.25, 0.3) is 0 Å². The number of rotatable bonds is 2. The van der Waals surface area contributed by atoms with Crippen LogP contribution in [-0.4, -0.2) is 42.8 Å². The Morgan fingerprint density at radius 3 is 2.65 bits per heavy atom. The highest BCUT2D eigenvalue weighted by molar-refractivity contribution is 7.92. The maximum Gasteiger partial charge on any atom is 0.186 e. The van der Waals surface area contributed by atoms with Crippen molar-refractivity contribution in [3.63, 3.8) is 0 Å². The zero-order valence-electron chi connectivity index (χ0n) is 13.6. The molecule has 2 fully saturated rings.